The van der Waals surface area contributed by atoms with Crippen LogP contribution in [-0.4, -0.2) is 5.91 Å². The zero-order chi connectivity index (χ0) is 9.59. The Kier molecular flexibility index (Phi) is 1.63. The molecular formula is C9H5ClFNO. The molecule has 0 saturated heterocycles. The molecule has 0 unspecified atom stereocenters. The Morgan fingerprint density at radius 2 is 2.15 bits per heavy atom. The van der Waals surface area contributed by atoms with E-state index in [9.17, 15) is 9.18 Å². The van der Waals surface area contributed by atoms with E-state index in [1.165, 1.54) is 12.1 Å². The number of carbonyl (C=O) groups excluding carboxylic acids is 1. The summed E-state index contributed by atoms with van der Waals surface area (Å²) in [5.41, 5.74) is 1.26. The van der Waals surface area contributed by atoms with Gasteiger partial charge in [0.25, 0.3) is 5.91 Å². The second-order valence-corrected chi connectivity index (χ2v) is 3.15. The topological polar surface area (TPSA) is 29.1 Å². The SMILES string of the molecule is C=C1C(=O)Nc2cc(Cl)c(F)cc21. The van der Waals surface area contributed by atoms with Gasteiger partial charge in [-0.15, -0.1) is 0 Å². The van der Waals surface area contributed by atoms with Crippen molar-refractivity contribution < 1.29 is 9.18 Å². The summed E-state index contributed by atoms with van der Waals surface area (Å²) < 4.78 is 13.0. The zero-order valence-corrected chi connectivity index (χ0v) is 7.28. The first kappa shape index (κ1) is 8.26. The first-order valence-corrected chi connectivity index (χ1v) is 3.97. The number of hydrogen-bond acceptors (Lipinski definition) is 1. The van der Waals surface area contributed by atoms with Gasteiger partial charge in [-0.05, 0) is 12.1 Å². The van der Waals surface area contributed by atoms with Crippen molar-refractivity contribution in [3.8, 4) is 0 Å². The van der Waals surface area contributed by atoms with E-state index in [0.717, 1.165) is 0 Å². The highest BCUT2D eigenvalue weighted by molar-refractivity contribution is 6.34. The predicted molar refractivity (Wildman–Crippen MR) is 49.1 cm³/mol. The average Bonchev–Trinajstić information content (AvgIpc) is 2.32. The molecule has 13 heavy (non-hydrogen) atoms. The standard InChI is InChI=1S/C9H5ClFNO/c1-4-5-2-7(11)6(10)3-8(5)12-9(4)13/h2-3H,1H2,(H,12,13). The van der Waals surface area contributed by atoms with Gasteiger partial charge in [0.1, 0.15) is 5.82 Å². The minimum atomic E-state index is -0.543. The molecule has 1 aliphatic rings. The van der Waals surface area contributed by atoms with Crippen LogP contribution in [-0.2, 0) is 4.79 Å². The van der Waals surface area contributed by atoms with Crippen LogP contribution in [0, 0.1) is 5.82 Å². The average molecular weight is 198 g/mol. The Labute approximate surface area is 79.0 Å². The Morgan fingerprint density at radius 1 is 1.46 bits per heavy atom. The number of fused-ring (bicyclic) bond motifs is 1. The van der Waals surface area contributed by atoms with E-state index in [-0.39, 0.29) is 16.5 Å². The fourth-order valence-electron chi connectivity index (χ4n) is 1.22. The monoisotopic (exact) mass is 197 g/mol. The van der Waals surface area contributed by atoms with Crippen LogP contribution in [0.1, 0.15) is 5.56 Å². The summed E-state index contributed by atoms with van der Waals surface area (Å²) in [6, 6.07) is 2.58. The number of benzene rings is 1. The molecule has 0 bridgehead atoms. The zero-order valence-electron chi connectivity index (χ0n) is 6.53. The summed E-state index contributed by atoms with van der Waals surface area (Å²) in [6.45, 7) is 3.53. The molecule has 0 fully saturated rings. The van der Waals surface area contributed by atoms with Crippen LogP contribution in [0.25, 0.3) is 5.57 Å². The van der Waals surface area contributed by atoms with Crippen molar-refractivity contribution in [3.05, 3.63) is 35.1 Å². The van der Waals surface area contributed by atoms with Crippen molar-refractivity contribution in [2.75, 3.05) is 5.32 Å². The molecule has 66 valence electrons. The molecule has 2 nitrogen and oxygen atoms in total. The summed E-state index contributed by atoms with van der Waals surface area (Å²) >= 11 is 5.53. The minimum absolute atomic E-state index is 0.00579. The summed E-state index contributed by atoms with van der Waals surface area (Å²) in [5, 5.41) is 2.52. The van der Waals surface area contributed by atoms with Crippen molar-refractivity contribution in [1.82, 2.24) is 0 Å². The fourth-order valence-corrected chi connectivity index (χ4v) is 1.38. The van der Waals surface area contributed by atoms with Crippen molar-refractivity contribution >= 4 is 28.8 Å². The molecule has 0 radical (unpaired) electrons. The number of nitrogens with one attached hydrogen (secondary N) is 1. The third-order valence-corrected chi connectivity index (χ3v) is 2.20. The first-order valence-electron chi connectivity index (χ1n) is 3.59. The lowest BCUT2D eigenvalue weighted by molar-refractivity contribution is -0.110. The number of anilines is 1. The Balaban J connectivity index is 2.66. The highest BCUT2D eigenvalue weighted by atomic mass is 35.5. The lowest BCUT2D eigenvalue weighted by Gasteiger charge is -1.99. The molecular weight excluding hydrogens is 193 g/mol. The van der Waals surface area contributed by atoms with Crippen LogP contribution < -0.4 is 5.32 Å². The smallest absolute Gasteiger partial charge is 0.255 e. The van der Waals surface area contributed by atoms with E-state index in [4.69, 9.17) is 11.6 Å². The Hall–Kier alpha value is -1.35. The molecule has 0 aliphatic carbocycles. The molecule has 0 atom stereocenters. The van der Waals surface area contributed by atoms with Gasteiger partial charge in [-0.2, -0.15) is 0 Å². The fraction of sp³-hybridized carbons (Fsp3) is 0. The van der Waals surface area contributed by atoms with Crippen LogP contribution in [0.4, 0.5) is 10.1 Å². The molecule has 1 aromatic carbocycles. The van der Waals surface area contributed by atoms with E-state index < -0.39 is 5.82 Å². The molecule has 0 saturated carbocycles. The summed E-state index contributed by atoms with van der Waals surface area (Å²) in [7, 11) is 0. The van der Waals surface area contributed by atoms with Gasteiger partial charge in [0.15, 0.2) is 0 Å². The molecule has 0 spiro atoms. The van der Waals surface area contributed by atoms with Gasteiger partial charge >= 0.3 is 0 Å². The van der Waals surface area contributed by atoms with E-state index in [2.05, 4.69) is 11.9 Å². The van der Waals surface area contributed by atoms with Gasteiger partial charge in [0.05, 0.1) is 10.7 Å². The van der Waals surface area contributed by atoms with Gasteiger partial charge < -0.3 is 5.32 Å². The molecule has 4 heteroatoms. The maximum absolute atomic E-state index is 13.0. The molecule has 0 aromatic heterocycles. The Morgan fingerprint density at radius 3 is 2.85 bits per heavy atom. The van der Waals surface area contributed by atoms with Crippen LogP contribution in [0.5, 0.6) is 0 Å². The molecule has 2 rings (SSSR count). The summed E-state index contributed by atoms with van der Waals surface area (Å²) in [4.78, 5) is 11.1. The minimum Gasteiger partial charge on any atom is -0.321 e. The second-order valence-electron chi connectivity index (χ2n) is 2.74. The lowest BCUT2D eigenvalue weighted by Crippen LogP contribution is -2.02. The first-order chi connectivity index (χ1) is 6.09. The van der Waals surface area contributed by atoms with E-state index in [1.54, 1.807) is 0 Å². The van der Waals surface area contributed by atoms with Gasteiger partial charge in [-0.25, -0.2) is 4.39 Å². The van der Waals surface area contributed by atoms with Gasteiger partial charge in [0.2, 0.25) is 0 Å². The lowest BCUT2D eigenvalue weighted by atomic mass is 10.1. The van der Waals surface area contributed by atoms with E-state index in [1.807, 2.05) is 0 Å². The number of hydrogen-bond donors (Lipinski definition) is 1. The van der Waals surface area contributed by atoms with E-state index >= 15 is 0 Å². The predicted octanol–water partition coefficient (Wildman–Crippen LogP) is 2.44. The van der Waals surface area contributed by atoms with Crippen LogP contribution in [0.3, 0.4) is 0 Å². The van der Waals surface area contributed by atoms with Crippen LogP contribution >= 0.6 is 11.6 Å². The number of amides is 1. The second kappa shape index (κ2) is 2.57. The number of rotatable bonds is 0. The highest BCUT2D eigenvalue weighted by Gasteiger charge is 2.23. The van der Waals surface area contributed by atoms with Crippen LogP contribution in [0.15, 0.2) is 18.7 Å². The molecule has 1 aliphatic heterocycles. The summed E-state index contributed by atoms with van der Waals surface area (Å²) in [5.74, 6) is -0.852. The maximum Gasteiger partial charge on any atom is 0.255 e. The van der Waals surface area contributed by atoms with Crippen LogP contribution in [0.2, 0.25) is 5.02 Å². The molecule has 1 amide bonds. The number of halogens is 2. The third kappa shape index (κ3) is 1.12. The molecule has 1 N–H and O–H groups in total. The van der Waals surface area contributed by atoms with Crippen molar-refractivity contribution in [2.24, 2.45) is 0 Å². The van der Waals surface area contributed by atoms with E-state index in [0.29, 0.717) is 11.3 Å². The van der Waals surface area contributed by atoms with Crippen molar-refractivity contribution in [3.63, 3.8) is 0 Å². The number of carbonyl (C=O) groups is 1. The largest absolute Gasteiger partial charge is 0.321 e. The highest BCUT2D eigenvalue weighted by Crippen LogP contribution is 2.33. The normalized spacial score (nSPS) is 14.3. The third-order valence-electron chi connectivity index (χ3n) is 1.91. The Bertz CT molecular complexity index is 428. The van der Waals surface area contributed by atoms with Gasteiger partial charge in [-0.3, -0.25) is 4.79 Å². The quantitative estimate of drug-likeness (QED) is 0.636. The van der Waals surface area contributed by atoms with Crippen molar-refractivity contribution in [2.45, 2.75) is 0 Å². The van der Waals surface area contributed by atoms with Gasteiger partial charge in [-0.1, -0.05) is 18.2 Å². The van der Waals surface area contributed by atoms with Crippen molar-refractivity contribution in [1.29, 1.82) is 0 Å². The van der Waals surface area contributed by atoms with Gasteiger partial charge in [0, 0.05) is 11.1 Å². The molecule has 1 heterocycles. The molecule has 1 aromatic rings. The summed E-state index contributed by atoms with van der Waals surface area (Å²) in [6.07, 6.45) is 0. The maximum atomic E-state index is 13.0.